The van der Waals surface area contributed by atoms with Gasteiger partial charge in [0.05, 0.1) is 6.61 Å². The molecule has 0 unspecified atom stereocenters. The number of urea groups is 1. The lowest BCUT2D eigenvalue weighted by atomic mass is 10.0. The van der Waals surface area contributed by atoms with Gasteiger partial charge >= 0.3 is 6.03 Å². The number of likely N-dealkylation sites (tertiary alicyclic amines) is 1. The zero-order chi connectivity index (χ0) is 15.9. The van der Waals surface area contributed by atoms with E-state index in [4.69, 9.17) is 10.5 Å². The summed E-state index contributed by atoms with van der Waals surface area (Å²) < 4.78 is 5.07. The summed E-state index contributed by atoms with van der Waals surface area (Å²) in [6.07, 6.45) is 2.93. The molecule has 2 rings (SSSR count). The lowest BCUT2D eigenvalue weighted by molar-refractivity contribution is 0.0615. The monoisotopic (exact) mass is 305 g/mol. The lowest BCUT2D eigenvalue weighted by Gasteiger charge is -2.35. The van der Waals surface area contributed by atoms with Crippen LogP contribution in [0.3, 0.4) is 0 Å². The Morgan fingerprint density at radius 1 is 1.32 bits per heavy atom. The highest BCUT2D eigenvalue weighted by Crippen LogP contribution is 2.19. The number of hydrogen-bond acceptors (Lipinski definition) is 3. The van der Waals surface area contributed by atoms with E-state index in [9.17, 15) is 9.59 Å². The molecule has 1 saturated heterocycles. The number of nitrogens with two attached hydrogens (primary N) is 1. The average molecular weight is 305 g/mol. The molecule has 6 heteroatoms. The number of nitrogens with zero attached hydrogens (tertiary/aromatic N) is 1. The summed E-state index contributed by atoms with van der Waals surface area (Å²) in [5.74, 6) is -0.0000581. The number of nitrogens with one attached hydrogen (secondary N) is 1. The topological polar surface area (TPSA) is 84.7 Å². The van der Waals surface area contributed by atoms with Crippen LogP contribution in [-0.4, -0.2) is 43.1 Å². The van der Waals surface area contributed by atoms with Gasteiger partial charge in [0.15, 0.2) is 0 Å². The number of amides is 3. The van der Waals surface area contributed by atoms with Crippen LogP contribution in [0, 0.1) is 0 Å². The highest BCUT2D eigenvalue weighted by Gasteiger charge is 2.27. The van der Waals surface area contributed by atoms with Crippen LogP contribution in [0.2, 0.25) is 0 Å². The second-order valence-corrected chi connectivity index (χ2v) is 5.52. The number of carbonyl (C=O) groups excluding carboxylic acids is 2. The molecule has 1 aromatic carbocycles. The van der Waals surface area contributed by atoms with Gasteiger partial charge in [-0.05, 0) is 37.0 Å². The third kappa shape index (κ3) is 4.21. The number of rotatable bonds is 5. The first kappa shape index (κ1) is 16.3. The minimum Gasteiger partial charge on any atom is -0.380 e. The maximum atomic E-state index is 12.7. The first-order valence-corrected chi connectivity index (χ1v) is 7.54. The van der Waals surface area contributed by atoms with E-state index >= 15 is 0 Å². The van der Waals surface area contributed by atoms with Crippen LogP contribution < -0.4 is 11.1 Å². The van der Waals surface area contributed by atoms with Crippen molar-refractivity contribution in [3.8, 4) is 0 Å². The quantitative estimate of drug-likeness (QED) is 0.864. The fraction of sp³-hybridized carbons (Fsp3) is 0.500. The van der Waals surface area contributed by atoms with Crippen molar-refractivity contribution < 1.29 is 14.3 Å². The third-order valence-corrected chi connectivity index (χ3v) is 3.91. The second kappa shape index (κ2) is 7.79. The normalized spacial score (nSPS) is 18.0. The highest BCUT2D eigenvalue weighted by atomic mass is 16.5. The molecule has 1 atom stereocenters. The molecule has 0 saturated carbocycles. The van der Waals surface area contributed by atoms with Gasteiger partial charge < -0.3 is 20.7 Å². The van der Waals surface area contributed by atoms with Crippen molar-refractivity contribution in [3.05, 3.63) is 35.4 Å². The Bertz CT molecular complexity index is 516. The Morgan fingerprint density at radius 3 is 2.68 bits per heavy atom. The van der Waals surface area contributed by atoms with E-state index in [-0.39, 0.29) is 11.9 Å². The van der Waals surface area contributed by atoms with Crippen LogP contribution in [0.5, 0.6) is 0 Å². The second-order valence-electron chi connectivity index (χ2n) is 5.52. The van der Waals surface area contributed by atoms with Gasteiger partial charge in [0.1, 0.15) is 0 Å². The smallest absolute Gasteiger partial charge is 0.312 e. The van der Waals surface area contributed by atoms with Crippen LogP contribution in [0.25, 0.3) is 0 Å². The Morgan fingerprint density at radius 2 is 2.05 bits per heavy atom. The van der Waals surface area contributed by atoms with Crippen LogP contribution in [0.15, 0.2) is 24.3 Å². The van der Waals surface area contributed by atoms with Gasteiger partial charge in [0.25, 0.3) is 5.91 Å². The SMILES string of the molecule is COCc1ccc(C(=O)N2CCCC[C@@H]2CNC(N)=O)cc1. The lowest BCUT2D eigenvalue weighted by Crippen LogP contribution is -2.50. The molecular formula is C16H23N3O3. The standard InChI is InChI=1S/C16H23N3O3/c1-22-11-12-5-7-13(8-6-12)15(20)19-9-3-2-4-14(19)10-18-16(17)21/h5-8,14H,2-4,9-11H2,1H3,(H3,17,18,21)/t14-/m1/s1. The van der Waals surface area contributed by atoms with E-state index in [1.54, 1.807) is 7.11 Å². The first-order chi connectivity index (χ1) is 10.6. The summed E-state index contributed by atoms with van der Waals surface area (Å²) in [6, 6.07) is 6.90. The van der Waals surface area contributed by atoms with Gasteiger partial charge in [0.2, 0.25) is 0 Å². The number of piperidine rings is 1. The van der Waals surface area contributed by atoms with E-state index in [2.05, 4.69) is 5.32 Å². The van der Waals surface area contributed by atoms with Gasteiger partial charge in [-0.3, -0.25) is 4.79 Å². The van der Waals surface area contributed by atoms with Gasteiger partial charge in [0, 0.05) is 31.8 Å². The van der Waals surface area contributed by atoms with Crippen molar-refractivity contribution in [1.82, 2.24) is 10.2 Å². The molecule has 1 aliphatic rings. The Kier molecular flexibility index (Phi) is 5.77. The predicted octanol–water partition coefficient (Wildman–Crippen LogP) is 1.50. The van der Waals surface area contributed by atoms with Gasteiger partial charge in [-0.1, -0.05) is 12.1 Å². The van der Waals surface area contributed by atoms with Gasteiger partial charge in [-0.25, -0.2) is 4.79 Å². The number of ether oxygens (including phenoxy) is 1. The summed E-state index contributed by atoms with van der Waals surface area (Å²) in [4.78, 5) is 25.4. The van der Waals surface area contributed by atoms with Gasteiger partial charge in [-0.15, -0.1) is 0 Å². The molecule has 1 aliphatic heterocycles. The predicted molar refractivity (Wildman–Crippen MR) is 83.4 cm³/mol. The zero-order valence-electron chi connectivity index (χ0n) is 12.9. The summed E-state index contributed by atoms with van der Waals surface area (Å²) in [6.45, 7) is 1.65. The Balaban J connectivity index is 2.05. The fourth-order valence-corrected chi connectivity index (χ4v) is 2.77. The summed E-state index contributed by atoms with van der Waals surface area (Å²) >= 11 is 0. The highest BCUT2D eigenvalue weighted by molar-refractivity contribution is 5.94. The van der Waals surface area contributed by atoms with Crippen LogP contribution in [-0.2, 0) is 11.3 Å². The molecule has 0 bridgehead atoms. The molecule has 6 nitrogen and oxygen atoms in total. The summed E-state index contributed by atoms with van der Waals surface area (Å²) in [5.41, 5.74) is 6.81. The molecule has 1 aromatic rings. The number of methoxy groups -OCH3 is 1. The van der Waals surface area contributed by atoms with Crippen molar-refractivity contribution in [1.29, 1.82) is 0 Å². The first-order valence-electron chi connectivity index (χ1n) is 7.54. The molecule has 3 N–H and O–H groups in total. The van der Waals surface area contributed by atoms with E-state index < -0.39 is 6.03 Å². The van der Waals surface area contributed by atoms with Crippen molar-refractivity contribution >= 4 is 11.9 Å². The number of carbonyl (C=O) groups is 2. The van der Waals surface area contributed by atoms with Gasteiger partial charge in [-0.2, -0.15) is 0 Å². The maximum Gasteiger partial charge on any atom is 0.312 e. The largest absolute Gasteiger partial charge is 0.380 e. The fourth-order valence-electron chi connectivity index (χ4n) is 2.77. The molecule has 22 heavy (non-hydrogen) atoms. The molecule has 0 aliphatic carbocycles. The molecule has 1 fully saturated rings. The van der Waals surface area contributed by atoms with Crippen molar-refractivity contribution in [2.24, 2.45) is 5.73 Å². The Hall–Kier alpha value is -2.08. The molecule has 120 valence electrons. The maximum absolute atomic E-state index is 12.7. The van der Waals surface area contributed by atoms with Crippen LogP contribution in [0.4, 0.5) is 4.79 Å². The summed E-state index contributed by atoms with van der Waals surface area (Å²) in [5, 5.41) is 2.61. The average Bonchev–Trinajstić information content (AvgIpc) is 2.53. The molecule has 0 aromatic heterocycles. The minimum absolute atomic E-state index is 0.0000581. The van der Waals surface area contributed by atoms with Crippen LogP contribution in [0.1, 0.15) is 35.2 Å². The molecule has 0 radical (unpaired) electrons. The van der Waals surface area contributed by atoms with Crippen molar-refractivity contribution in [3.63, 3.8) is 0 Å². The minimum atomic E-state index is -0.554. The third-order valence-electron chi connectivity index (χ3n) is 3.91. The number of primary amides is 1. The van der Waals surface area contributed by atoms with Crippen molar-refractivity contribution in [2.45, 2.75) is 31.9 Å². The number of benzene rings is 1. The van der Waals surface area contributed by atoms with Crippen LogP contribution >= 0.6 is 0 Å². The number of hydrogen-bond donors (Lipinski definition) is 2. The summed E-state index contributed by atoms with van der Waals surface area (Å²) in [7, 11) is 1.64. The van der Waals surface area contributed by atoms with E-state index in [1.165, 1.54) is 0 Å². The van der Waals surface area contributed by atoms with E-state index in [1.807, 2.05) is 29.2 Å². The van der Waals surface area contributed by atoms with Crippen molar-refractivity contribution in [2.75, 3.05) is 20.2 Å². The van der Waals surface area contributed by atoms with E-state index in [0.717, 1.165) is 24.8 Å². The molecular weight excluding hydrogens is 282 g/mol. The van der Waals surface area contributed by atoms with E-state index in [0.29, 0.717) is 25.3 Å². The molecule has 3 amide bonds. The Labute approximate surface area is 130 Å². The molecule has 1 heterocycles. The zero-order valence-corrected chi connectivity index (χ0v) is 12.9. The molecule has 0 spiro atoms.